The van der Waals surface area contributed by atoms with E-state index in [-0.39, 0.29) is 36.9 Å². The van der Waals surface area contributed by atoms with E-state index in [1.807, 2.05) is 82.3 Å². The van der Waals surface area contributed by atoms with E-state index in [0.717, 1.165) is 5.56 Å². The molecule has 0 radical (unpaired) electrons. The van der Waals surface area contributed by atoms with Crippen molar-refractivity contribution in [1.82, 2.24) is 9.80 Å². The molecule has 47 heavy (non-hydrogen) atoms. The zero-order valence-corrected chi connectivity index (χ0v) is 28.1. The van der Waals surface area contributed by atoms with E-state index >= 15 is 0 Å². The number of aliphatic hydroxyl groups excluding tert-OH is 1. The molecule has 9 heteroatoms. The molecule has 252 valence electrons. The molecule has 5 rings (SSSR count). The van der Waals surface area contributed by atoms with Crippen LogP contribution in [0.15, 0.2) is 79.9 Å². The number of rotatable bonds is 15. The van der Waals surface area contributed by atoms with Gasteiger partial charge in [0.05, 0.1) is 36.7 Å². The maximum Gasteiger partial charge on any atom is 0.248 e. The summed E-state index contributed by atoms with van der Waals surface area (Å²) in [6.45, 7) is 16.3. The first kappa shape index (κ1) is 34.4. The van der Waals surface area contributed by atoms with Gasteiger partial charge in [-0.15, -0.1) is 13.2 Å². The molecule has 2 unspecified atom stereocenters. The largest absolute Gasteiger partial charge is 0.494 e. The van der Waals surface area contributed by atoms with E-state index in [9.17, 15) is 19.5 Å². The monoisotopic (exact) mass is 643 g/mol. The number of carbonyl (C=O) groups is 3. The minimum atomic E-state index is -1.22. The lowest BCUT2D eigenvalue weighted by atomic mass is 9.64. The van der Waals surface area contributed by atoms with Crippen LogP contribution in [0.3, 0.4) is 0 Å². The Hall–Kier alpha value is -3.95. The molecule has 1 N–H and O–H groups in total. The summed E-state index contributed by atoms with van der Waals surface area (Å²) < 4.78 is 12.7. The molecule has 3 amide bonds. The Kier molecular flexibility index (Phi) is 10.3. The quantitative estimate of drug-likeness (QED) is 0.281. The zero-order chi connectivity index (χ0) is 33.9. The number of nitrogens with zero attached hydrogens (tertiary/aromatic N) is 3. The van der Waals surface area contributed by atoms with Gasteiger partial charge in [0.15, 0.2) is 0 Å². The van der Waals surface area contributed by atoms with Crippen molar-refractivity contribution in [3.8, 4) is 5.75 Å². The van der Waals surface area contributed by atoms with Gasteiger partial charge in [-0.1, -0.05) is 49.4 Å². The molecule has 3 aliphatic rings. The molecule has 3 heterocycles. The summed E-state index contributed by atoms with van der Waals surface area (Å²) in [4.78, 5) is 49.5. The molecule has 0 aromatic heterocycles. The van der Waals surface area contributed by atoms with E-state index in [0.29, 0.717) is 50.3 Å². The van der Waals surface area contributed by atoms with Crippen LogP contribution in [-0.2, 0) is 25.5 Å². The number of aliphatic hydroxyl groups is 1. The fourth-order valence-electron chi connectivity index (χ4n) is 8.20. The van der Waals surface area contributed by atoms with Crippen molar-refractivity contribution in [3.05, 3.63) is 85.5 Å². The number of ether oxygens (including phenoxy) is 2. The van der Waals surface area contributed by atoms with E-state index in [4.69, 9.17) is 9.47 Å². The van der Waals surface area contributed by atoms with Crippen molar-refractivity contribution in [1.29, 1.82) is 0 Å². The van der Waals surface area contributed by atoms with Crippen LogP contribution in [0.1, 0.15) is 52.5 Å². The summed E-state index contributed by atoms with van der Waals surface area (Å²) in [5.41, 5.74) is -0.545. The Morgan fingerprint density at radius 1 is 1.04 bits per heavy atom. The van der Waals surface area contributed by atoms with Crippen LogP contribution in [-0.4, -0.2) is 88.3 Å². The van der Waals surface area contributed by atoms with Gasteiger partial charge >= 0.3 is 0 Å². The van der Waals surface area contributed by atoms with Crippen LogP contribution in [0.2, 0.25) is 0 Å². The zero-order valence-electron chi connectivity index (χ0n) is 28.1. The third-order valence-corrected chi connectivity index (χ3v) is 10.3. The summed E-state index contributed by atoms with van der Waals surface area (Å²) in [6.07, 6.45) is 5.21. The maximum atomic E-state index is 15.0. The van der Waals surface area contributed by atoms with E-state index in [1.54, 1.807) is 26.9 Å². The maximum absolute atomic E-state index is 15.0. The minimum Gasteiger partial charge on any atom is -0.494 e. The minimum absolute atomic E-state index is 0.173. The second-order valence-corrected chi connectivity index (χ2v) is 13.1. The Morgan fingerprint density at radius 2 is 1.72 bits per heavy atom. The molecule has 2 aromatic rings. The van der Waals surface area contributed by atoms with Gasteiger partial charge < -0.3 is 29.3 Å². The molecular weight excluding hydrogens is 594 g/mol. The number of hydrogen-bond acceptors (Lipinski definition) is 6. The smallest absolute Gasteiger partial charge is 0.248 e. The Bertz CT molecular complexity index is 1460. The molecule has 2 bridgehead atoms. The van der Waals surface area contributed by atoms with Gasteiger partial charge in [0, 0.05) is 24.8 Å². The second-order valence-electron chi connectivity index (χ2n) is 13.1. The topological polar surface area (TPSA) is 99.6 Å². The molecule has 0 aliphatic carbocycles. The van der Waals surface area contributed by atoms with Crippen molar-refractivity contribution in [2.75, 3.05) is 31.2 Å². The van der Waals surface area contributed by atoms with E-state index in [1.165, 1.54) is 0 Å². The first-order chi connectivity index (χ1) is 22.6. The summed E-state index contributed by atoms with van der Waals surface area (Å²) in [7, 11) is 0. The molecule has 3 aliphatic heterocycles. The molecule has 0 saturated carbocycles. The standard InChI is InChI=1S/C38H49N3O6/c1-7-22-39(26(5)6)36(45)33-38-21-20-37(9-3,47-38)31(34(43)40(23-8-2)28-16-18-30(19-17-28)46-10-4)32(38)35(44)41(33)29(25-42)24-27-14-12-11-13-15-27/h7-8,11-19,26,29,31-33,42H,1-2,9-10,20-25H2,3-6H3/t29-,31-,32+,33?,37+,38?/m1/s1. The third kappa shape index (κ3) is 5.89. The Labute approximate surface area is 278 Å². The molecule has 2 aromatic carbocycles. The van der Waals surface area contributed by atoms with E-state index in [2.05, 4.69) is 13.2 Å². The molecular formula is C38H49N3O6. The number of likely N-dealkylation sites (tertiary alicyclic amines) is 1. The summed E-state index contributed by atoms with van der Waals surface area (Å²) in [6, 6.07) is 15.1. The number of carbonyl (C=O) groups excluding carboxylic acids is 3. The highest BCUT2D eigenvalue weighted by molar-refractivity contribution is 6.03. The summed E-state index contributed by atoms with van der Waals surface area (Å²) in [5.74, 6) is -1.84. The number of anilines is 1. The number of amides is 3. The first-order valence-corrected chi connectivity index (χ1v) is 16.9. The highest BCUT2D eigenvalue weighted by Gasteiger charge is 2.79. The average molecular weight is 644 g/mol. The molecule has 3 saturated heterocycles. The fraction of sp³-hybridized carbons (Fsp3) is 0.500. The second kappa shape index (κ2) is 14.0. The van der Waals surface area contributed by atoms with Crippen LogP contribution >= 0.6 is 0 Å². The highest BCUT2D eigenvalue weighted by Crippen LogP contribution is 2.65. The lowest BCUT2D eigenvalue weighted by Gasteiger charge is -2.40. The van der Waals surface area contributed by atoms with Gasteiger partial charge in [-0.25, -0.2) is 0 Å². The van der Waals surface area contributed by atoms with Crippen LogP contribution in [0.4, 0.5) is 5.69 Å². The van der Waals surface area contributed by atoms with E-state index < -0.39 is 35.1 Å². The van der Waals surface area contributed by atoms with Gasteiger partial charge in [-0.2, -0.15) is 0 Å². The number of hydrogen-bond donors (Lipinski definition) is 1. The van der Waals surface area contributed by atoms with Gasteiger partial charge in [0.25, 0.3) is 0 Å². The van der Waals surface area contributed by atoms with Gasteiger partial charge in [-0.05, 0) is 76.3 Å². The SMILES string of the molecule is C=CCN(C(=O)[C@H]1[C@H]2C(=O)N([C@@H](CO)Cc3ccccc3)C(C(=O)N(CC=C)C(C)C)C23CC[C@]1(CC)O3)c1ccc(OCC)cc1. The predicted octanol–water partition coefficient (Wildman–Crippen LogP) is 4.79. The Balaban J connectivity index is 1.62. The van der Waals surface area contributed by atoms with Gasteiger partial charge in [-0.3, -0.25) is 14.4 Å². The van der Waals surface area contributed by atoms with Crippen molar-refractivity contribution < 1.29 is 29.0 Å². The molecule has 9 nitrogen and oxygen atoms in total. The molecule has 6 atom stereocenters. The average Bonchev–Trinajstić information content (AvgIpc) is 3.69. The number of fused-ring (bicyclic) bond motifs is 1. The van der Waals surface area contributed by atoms with Crippen LogP contribution < -0.4 is 9.64 Å². The number of benzene rings is 2. The summed E-state index contributed by atoms with van der Waals surface area (Å²) >= 11 is 0. The van der Waals surface area contributed by atoms with Crippen molar-refractivity contribution in [2.24, 2.45) is 11.8 Å². The normalized spacial score (nSPS) is 26.6. The van der Waals surface area contributed by atoms with Crippen LogP contribution in [0, 0.1) is 11.8 Å². The lowest BCUT2D eigenvalue weighted by Crippen LogP contribution is -2.60. The van der Waals surface area contributed by atoms with Crippen molar-refractivity contribution >= 4 is 23.4 Å². The van der Waals surface area contributed by atoms with Gasteiger partial charge in [0.2, 0.25) is 17.7 Å². The summed E-state index contributed by atoms with van der Waals surface area (Å²) in [5, 5.41) is 10.8. The van der Waals surface area contributed by atoms with Gasteiger partial charge in [0.1, 0.15) is 17.4 Å². The van der Waals surface area contributed by atoms with Crippen molar-refractivity contribution in [3.63, 3.8) is 0 Å². The lowest BCUT2D eigenvalue weighted by molar-refractivity contribution is -0.156. The highest BCUT2D eigenvalue weighted by atomic mass is 16.5. The van der Waals surface area contributed by atoms with Crippen LogP contribution in [0.5, 0.6) is 5.75 Å². The third-order valence-electron chi connectivity index (χ3n) is 10.3. The molecule has 3 fully saturated rings. The molecule has 1 spiro atoms. The predicted molar refractivity (Wildman–Crippen MR) is 182 cm³/mol. The first-order valence-electron chi connectivity index (χ1n) is 16.9. The fourth-order valence-corrected chi connectivity index (χ4v) is 8.20. The van der Waals surface area contributed by atoms with Crippen molar-refractivity contribution in [2.45, 2.75) is 82.7 Å². The Morgan fingerprint density at radius 3 is 2.30 bits per heavy atom. The van der Waals surface area contributed by atoms with Crippen LogP contribution in [0.25, 0.3) is 0 Å².